The summed E-state index contributed by atoms with van der Waals surface area (Å²) in [5.41, 5.74) is 6.55. The Morgan fingerprint density at radius 1 is 1.17 bits per heavy atom. The Morgan fingerprint density at radius 2 is 1.81 bits per heavy atom. The topological polar surface area (TPSA) is 184 Å². The Balaban J connectivity index is 1.66. The number of carbonyl (C=O) groups excluding carboxylic acids is 3. The van der Waals surface area contributed by atoms with Gasteiger partial charge in [0.05, 0.1) is 11.6 Å². The Hall–Kier alpha value is -3.45. The number of phenols is 1. The second kappa shape index (κ2) is 10.7. The summed E-state index contributed by atoms with van der Waals surface area (Å²) in [5, 5.41) is 39.2. The summed E-state index contributed by atoms with van der Waals surface area (Å²) in [5.74, 6) is 1.61. The van der Waals surface area contributed by atoms with E-state index in [9.17, 15) is 29.7 Å². The van der Waals surface area contributed by atoms with Crippen molar-refractivity contribution >= 4 is 23.2 Å². The summed E-state index contributed by atoms with van der Waals surface area (Å²) in [6, 6.07) is 1.13. The van der Waals surface area contributed by atoms with E-state index in [0.29, 0.717) is 17.5 Å². The maximum atomic E-state index is 14.3. The van der Waals surface area contributed by atoms with Gasteiger partial charge < -0.3 is 20.2 Å². The molecule has 1 aromatic rings. The Labute approximate surface area is 244 Å². The van der Waals surface area contributed by atoms with Crippen LogP contribution in [0.4, 0.5) is 5.69 Å². The highest BCUT2D eigenvalue weighted by molar-refractivity contribution is 6.25. The first-order valence-electron chi connectivity index (χ1n) is 14.4. The van der Waals surface area contributed by atoms with Gasteiger partial charge in [0.1, 0.15) is 17.1 Å². The summed E-state index contributed by atoms with van der Waals surface area (Å²) in [6.45, 7) is 1.75. The number of benzene rings is 1. The van der Waals surface area contributed by atoms with Crippen LogP contribution in [0, 0.1) is 17.4 Å². The molecule has 226 valence electrons. The quantitative estimate of drug-likeness (QED) is 0.145. The summed E-state index contributed by atoms with van der Waals surface area (Å²) < 4.78 is 0. The molecule has 4 atom stereocenters. The number of likely N-dealkylation sites (N-methyl/N-ethyl adjacent to an activating group) is 1. The number of fused-ring (bicyclic) bond motifs is 3. The van der Waals surface area contributed by atoms with Crippen molar-refractivity contribution in [1.29, 1.82) is 5.53 Å². The van der Waals surface area contributed by atoms with Crippen molar-refractivity contribution in [2.24, 2.45) is 22.8 Å². The number of hydrogen-bond acceptors (Lipinski definition) is 11. The van der Waals surface area contributed by atoms with E-state index in [1.165, 1.54) is 6.92 Å². The molecule has 0 aromatic heterocycles. The number of anilines is 1. The first-order valence-corrected chi connectivity index (χ1v) is 14.4. The first kappa shape index (κ1) is 30.0. The number of aliphatic hydroxyl groups excluding tert-OH is 1. The normalized spacial score (nSPS) is 27.9. The molecule has 42 heavy (non-hydrogen) atoms. The van der Waals surface area contributed by atoms with Crippen molar-refractivity contribution in [3.63, 3.8) is 0 Å². The van der Waals surface area contributed by atoms with Crippen LogP contribution in [-0.4, -0.2) is 88.6 Å². The van der Waals surface area contributed by atoms with Crippen LogP contribution in [0.2, 0.25) is 0 Å². The zero-order chi connectivity index (χ0) is 30.8. The average molecular weight is 581 g/mol. The molecule has 1 unspecified atom stereocenters. The van der Waals surface area contributed by atoms with Gasteiger partial charge >= 0.3 is 5.91 Å². The van der Waals surface area contributed by atoms with E-state index in [1.54, 1.807) is 24.0 Å². The fraction of sp³-hybridized carbons (Fsp3) is 0.567. The van der Waals surface area contributed by atoms with E-state index in [2.05, 4.69) is 5.11 Å². The van der Waals surface area contributed by atoms with Crippen molar-refractivity contribution in [2.45, 2.75) is 69.7 Å². The lowest BCUT2D eigenvalue weighted by atomic mass is 9.56. The number of nitrogens with two attached hydrogens (primary N) is 1. The molecular formula is C30H40N6O6. The van der Waals surface area contributed by atoms with Gasteiger partial charge in [0.25, 0.3) is 0 Å². The highest BCUT2D eigenvalue weighted by Crippen LogP contribution is 2.54. The summed E-state index contributed by atoms with van der Waals surface area (Å²) >= 11 is 0. The van der Waals surface area contributed by atoms with Crippen LogP contribution < -0.4 is 10.7 Å². The molecule has 0 aliphatic heterocycles. The first-order chi connectivity index (χ1) is 19.7. The van der Waals surface area contributed by atoms with Gasteiger partial charge in [-0.2, -0.15) is 0 Å². The molecule has 4 aliphatic carbocycles. The van der Waals surface area contributed by atoms with Gasteiger partial charge in [-0.15, -0.1) is 5.11 Å². The minimum Gasteiger partial charge on any atom is -0.510 e. The van der Waals surface area contributed by atoms with Gasteiger partial charge in [-0.1, -0.05) is 12.8 Å². The number of aromatic hydroxyl groups is 1. The van der Waals surface area contributed by atoms with Crippen molar-refractivity contribution in [3.05, 3.63) is 45.2 Å². The van der Waals surface area contributed by atoms with Gasteiger partial charge in [0, 0.05) is 49.4 Å². The molecule has 0 saturated heterocycles. The zero-order valence-corrected chi connectivity index (χ0v) is 24.8. The lowest BCUT2D eigenvalue weighted by Crippen LogP contribution is -2.63. The second-order valence-electron chi connectivity index (χ2n) is 12.6. The molecule has 1 amide bonds. The minimum absolute atomic E-state index is 0.0849. The molecule has 1 saturated carbocycles. The molecule has 0 spiro atoms. The molecule has 0 bridgehead atoms. The molecule has 0 heterocycles. The van der Waals surface area contributed by atoms with Crippen molar-refractivity contribution in [1.82, 2.24) is 9.91 Å². The Kier molecular flexibility index (Phi) is 7.63. The number of Topliss-reactive ketones (excluding diaryl/α,β-unsaturated/α-hetero) is 2. The number of phenolic OH excluding ortho intramolecular Hbond substituents is 1. The fourth-order valence-electron chi connectivity index (χ4n) is 7.80. The number of allylic oxidation sites excluding steroid dienone is 1. The number of nitrogens with one attached hydrogen (secondary N) is 1. The standard InChI is InChI=1S/C30H40N6O6/c1-14-21-15(11-19-24(35(4)5)27(39)23(29(41)33-31)28(40)30(14,19)42)10-18-20(34(2)3)12-16(25(37)22(18)26(21)38)13-36(32)17-8-6-7-9-17/h12,15,17,19,24,31,37,39,42H,6-11,13,32H2,1-5H3/t15-,19-,24?,30+/m0/s1. The third-order valence-electron chi connectivity index (χ3n) is 9.83. The Bertz CT molecular complexity index is 1440. The zero-order valence-electron chi connectivity index (χ0n) is 24.8. The second-order valence-corrected chi connectivity index (χ2v) is 12.6. The molecule has 6 N–H and O–H groups in total. The van der Waals surface area contributed by atoms with Gasteiger partial charge in [-0.05, 0) is 69.8 Å². The number of rotatable bonds is 6. The molecule has 1 fully saturated rings. The van der Waals surface area contributed by atoms with Crippen molar-refractivity contribution in [3.8, 4) is 5.75 Å². The maximum Gasteiger partial charge on any atom is 0.302 e. The molecule has 4 aliphatic rings. The predicted molar refractivity (Wildman–Crippen MR) is 154 cm³/mol. The predicted octanol–water partition coefficient (Wildman–Crippen LogP) is 2.38. The smallest absolute Gasteiger partial charge is 0.302 e. The molecule has 12 nitrogen and oxygen atoms in total. The minimum atomic E-state index is -2.29. The van der Waals surface area contributed by atoms with Crippen LogP contribution in [0.5, 0.6) is 5.75 Å². The number of ketones is 2. The fourth-order valence-corrected chi connectivity index (χ4v) is 7.80. The third-order valence-corrected chi connectivity index (χ3v) is 9.83. The van der Waals surface area contributed by atoms with Gasteiger partial charge in [0.15, 0.2) is 11.4 Å². The summed E-state index contributed by atoms with van der Waals surface area (Å²) in [6.07, 6.45) is 4.66. The van der Waals surface area contributed by atoms with Crippen LogP contribution in [0.25, 0.3) is 0 Å². The van der Waals surface area contributed by atoms with Crippen molar-refractivity contribution < 1.29 is 29.7 Å². The number of hydrogen-bond donors (Lipinski definition) is 5. The SMILES string of the molecule is CC1=C2C(=O)c3c(O)c(CN(N)C4CCCC4)cc(N(C)C)c3C[C@H]2C[C@H]2C(N(C)C)C(O)=C(C(=O)N=N)C(=O)[C@@]12O. The van der Waals surface area contributed by atoms with E-state index < -0.39 is 52.3 Å². The molecule has 12 heteroatoms. The highest BCUT2D eigenvalue weighted by atomic mass is 16.3. The van der Waals surface area contributed by atoms with E-state index >= 15 is 0 Å². The van der Waals surface area contributed by atoms with Crippen LogP contribution in [0.1, 0.15) is 60.5 Å². The van der Waals surface area contributed by atoms with E-state index in [1.807, 2.05) is 25.1 Å². The average Bonchev–Trinajstić information content (AvgIpc) is 3.47. The molecule has 5 rings (SSSR count). The van der Waals surface area contributed by atoms with E-state index in [4.69, 9.17) is 11.4 Å². The van der Waals surface area contributed by atoms with Crippen molar-refractivity contribution in [2.75, 3.05) is 33.1 Å². The van der Waals surface area contributed by atoms with Gasteiger partial charge in [-0.3, -0.25) is 25.1 Å². The van der Waals surface area contributed by atoms with Crippen LogP contribution in [0.3, 0.4) is 0 Å². The van der Waals surface area contributed by atoms with Crippen LogP contribution in [0.15, 0.2) is 33.7 Å². The highest BCUT2D eigenvalue weighted by Gasteiger charge is 2.61. The molecule has 0 radical (unpaired) electrons. The number of nitrogens with zero attached hydrogens (tertiary/aromatic N) is 4. The lowest BCUT2D eigenvalue weighted by molar-refractivity contribution is -0.143. The number of amides is 1. The van der Waals surface area contributed by atoms with E-state index in [-0.39, 0.29) is 41.5 Å². The monoisotopic (exact) mass is 580 g/mol. The number of carbonyl (C=O) groups is 3. The van der Waals surface area contributed by atoms with Crippen LogP contribution in [-0.2, 0) is 22.6 Å². The maximum absolute atomic E-state index is 14.3. The third kappa shape index (κ3) is 4.31. The molecule has 1 aromatic carbocycles. The molecular weight excluding hydrogens is 540 g/mol. The number of aliphatic hydroxyl groups is 2. The summed E-state index contributed by atoms with van der Waals surface area (Å²) in [4.78, 5) is 44.1. The largest absolute Gasteiger partial charge is 0.510 e. The van der Waals surface area contributed by atoms with Gasteiger partial charge in [0.2, 0.25) is 5.78 Å². The summed E-state index contributed by atoms with van der Waals surface area (Å²) in [7, 11) is 7.05. The number of hydrazine groups is 1. The van der Waals surface area contributed by atoms with E-state index in [0.717, 1.165) is 31.4 Å². The van der Waals surface area contributed by atoms with Gasteiger partial charge in [-0.25, -0.2) is 10.5 Å². The van der Waals surface area contributed by atoms with Crippen LogP contribution >= 0.6 is 0 Å². The Morgan fingerprint density at radius 3 is 2.38 bits per heavy atom. The lowest BCUT2D eigenvalue weighted by Gasteiger charge is -2.51.